The maximum atomic E-state index is 5.94. The van der Waals surface area contributed by atoms with Crippen molar-refractivity contribution in [2.45, 2.75) is 24.3 Å². The Labute approximate surface area is 216 Å². The summed E-state index contributed by atoms with van der Waals surface area (Å²) in [6.07, 6.45) is 3.49. The first kappa shape index (κ1) is 22.7. The van der Waals surface area contributed by atoms with Crippen LogP contribution in [0.3, 0.4) is 0 Å². The summed E-state index contributed by atoms with van der Waals surface area (Å²) in [5, 5.41) is 7.09. The molecule has 0 spiro atoms. The van der Waals surface area contributed by atoms with Gasteiger partial charge in [-0.05, 0) is 95.1 Å². The van der Waals surface area contributed by atoms with Crippen LogP contribution in [0, 0.1) is 13.8 Å². The Hall–Kier alpha value is -3.04. The van der Waals surface area contributed by atoms with Crippen LogP contribution in [-0.2, 0) is 3.55 Å². The molecule has 1 unspecified atom stereocenters. The molecule has 5 nitrogen and oxygen atoms in total. The molecule has 3 aromatic heterocycles. The van der Waals surface area contributed by atoms with Gasteiger partial charge < -0.3 is 11.1 Å². The molecule has 5 rings (SSSR count). The number of pyridine rings is 1. The average molecular weight is 577 g/mol. The molecule has 0 aliphatic rings. The minimum absolute atomic E-state index is 0.395. The molecule has 5 aromatic rings. The Balaban J connectivity index is 1.47. The molecule has 0 aliphatic heterocycles. The topological polar surface area (TPSA) is 76.7 Å². The van der Waals surface area contributed by atoms with Gasteiger partial charge in [-0.2, -0.15) is 0 Å². The number of alkyl halides is 1. The van der Waals surface area contributed by atoms with E-state index in [4.69, 9.17) is 10.7 Å². The fourth-order valence-corrected chi connectivity index (χ4v) is 5.55. The van der Waals surface area contributed by atoms with Crippen LogP contribution in [0.25, 0.3) is 32.5 Å². The highest BCUT2D eigenvalue weighted by Gasteiger charge is 2.24. The summed E-state index contributed by atoms with van der Waals surface area (Å²) in [7, 11) is 0. The van der Waals surface area contributed by atoms with Crippen molar-refractivity contribution in [1.82, 2.24) is 15.0 Å². The Bertz CT molecular complexity index is 1510. The number of fused-ring (bicyclic) bond motifs is 1. The van der Waals surface area contributed by atoms with E-state index in [0.717, 1.165) is 39.6 Å². The number of thiophene rings is 1. The first-order valence-corrected chi connectivity index (χ1v) is 12.9. The van der Waals surface area contributed by atoms with Crippen LogP contribution in [0.4, 0.5) is 11.5 Å². The molecule has 0 bridgehead atoms. The molecular formula is C27H24IN5S. The lowest BCUT2D eigenvalue weighted by Crippen LogP contribution is -2.25. The molecule has 0 radical (unpaired) electrons. The molecule has 3 heterocycles. The number of anilines is 2. The van der Waals surface area contributed by atoms with Gasteiger partial charge in [0.2, 0.25) is 0 Å². The summed E-state index contributed by atoms with van der Waals surface area (Å²) in [5.74, 6) is 1.52. The quantitative estimate of drug-likeness (QED) is 0.130. The number of nitrogens with zero attached hydrogens (tertiary/aromatic N) is 3. The predicted octanol–water partition coefficient (Wildman–Crippen LogP) is 7.34. The van der Waals surface area contributed by atoms with Crippen LogP contribution >= 0.6 is 33.9 Å². The lowest BCUT2D eigenvalue weighted by atomic mass is 10.0. The van der Waals surface area contributed by atoms with Crippen molar-refractivity contribution < 1.29 is 0 Å². The molecule has 0 amide bonds. The minimum Gasteiger partial charge on any atom is -0.397 e. The number of nitrogen functional groups attached to an aromatic ring is 1. The first-order chi connectivity index (χ1) is 16.3. The summed E-state index contributed by atoms with van der Waals surface area (Å²) in [5.41, 5.74) is 13.1. The Kier molecular flexibility index (Phi) is 5.99. The van der Waals surface area contributed by atoms with E-state index in [2.05, 4.69) is 99.6 Å². The molecule has 0 aliphatic carbocycles. The van der Waals surface area contributed by atoms with E-state index >= 15 is 0 Å². The highest BCUT2D eigenvalue weighted by Crippen LogP contribution is 2.36. The first-order valence-electron chi connectivity index (χ1n) is 10.9. The summed E-state index contributed by atoms with van der Waals surface area (Å²) in [6.45, 7) is 6.22. The Morgan fingerprint density at radius 2 is 1.79 bits per heavy atom. The molecule has 7 heteroatoms. The Morgan fingerprint density at radius 3 is 2.62 bits per heavy atom. The van der Waals surface area contributed by atoms with Crippen LogP contribution in [0.15, 0.2) is 72.4 Å². The summed E-state index contributed by atoms with van der Waals surface area (Å²) >= 11 is 4.20. The van der Waals surface area contributed by atoms with E-state index < -0.39 is 3.55 Å². The largest absolute Gasteiger partial charge is 0.397 e. The van der Waals surface area contributed by atoms with Crippen LogP contribution in [0.1, 0.15) is 23.9 Å². The standard InChI is InChI=1S/C27H24IN5S/c1-16-15-34-25-8-7-19(11-23(16)25)24-12-26(32-17(2)31-24)33-27(3,28)21-6-4-5-18(9-21)20-10-22(29)14-30-13-20/h4-15H,29H2,1-3H3,(H,31,32,33). The van der Waals surface area contributed by atoms with Crippen molar-refractivity contribution in [3.8, 4) is 22.4 Å². The zero-order valence-corrected chi connectivity index (χ0v) is 22.1. The highest BCUT2D eigenvalue weighted by molar-refractivity contribution is 14.1. The molecule has 34 heavy (non-hydrogen) atoms. The van der Waals surface area contributed by atoms with E-state index in [1.165, 1.54) is 15.6 Å². The number of aromatic nitrogens is 3. The fourth-order valence-electron chi connectivity index (χ4n) is 4.01. The Morgan fingerprint density at radius 1 is 0.941 bits per heavy atom. The molecule has 0 saturated heterocycles. The van der Waals surface area contributed by atoms with E-state index in [1.54, 1.807) is 17.5 Å². The SMILES string of the molecule is Cc1nc(NC(C)(I)c2cccc(-c3cncc(N)c3)c2)cc(-c2ccc3scc(C)c3c2)n1. The van der Waals surface area contributed by atoms with Gasteiger partial charge >= 0.3 is 0 Å². The predicted molar refractivity (Wildman–Crippen MR) is 151 cm³/mol. The molecule has 0 fully saturated rings. The number of nitrogens with one attached hydrogen (secondary N) is 1. The van der Waals surface area contributed by atoms with Gasteiger partial charge in [-0.25, -0.2) is 9.97 Å². The second kappa shape index (κ2) is 8.96. The zero-order chi connectivity index (χ0) is 23.9. The number of benzene rings is 2. The zero-order valence-electron chi connectivity index (χ0n) is 19.1. The van der Waals surface area contributed by atoms with E-state index in [-0.39, 0.29) is 0 Å². The number of hydrogen-bond donors (Lipinski definition) is 2. The van der Waals surface area contributed by atoms with Gasteiger partial charge in [-0.3, -0.25) is 4.98 Å². The number of hydrogen-bond acceptors (Lipinski definition) is 6. The monoisotopic (exact) mass is 577 g/mol. The van der Waals surface area contributed by atoms with Crippen molar-refractivity contribution in [3.05, 3.63) is 89.3 Å². The second-order valence-corrected chi connectivity index (χ2v) is 11.6. The van der Waals surface area contributed by atoms with E-state index in [1.807, 2.05) is 25.3 Å². The third kappa shape index (κ3) is 4.63. The summed E-state index contributed by atoms with van der Waals surface area (Å²) in [6, 6.07) is 18.9. The van der Waals surface area contributed by atoms with Crippen molar-refractivity contribution in [1.29, 1.82) is 0 Å². The maximum Gasteiger partial charge on any atom is 0.131 e. The van der Waals surface area contributed by atoms with Gasteiger partial charge in [0.25, 0.3) is 0 Å². The normalized spacial score (nSPS) is 13.1. The van der Waals surface area contributed by atoms with Crippen LogP contribution < -0.4 is 11.1 Å². The second-order valence-electron chi connectivity index (χ2n) is 8.53. The van der Waals surface area contributed by atoms with Crippen LogP contribution in [-0.4, -0.2) is 15.0 Å². The summed E-state index contributed by atoms with van der Waals surface area (Å²) in [4.78, 5) is 13.6. The average Bonchev–Trinajstić information content (AvgIpc) is 3.18. The van der Waals surface area contributed by atoms with Gasteiger partial charge in [0.05, 0.1) is 11.4 Å². The molecule has 170 valence electrons. The fraction of sp³-hybridized carbons (Fsp3) is 0.148. The van der Waals surface area contributed by atoms with Gasteiger partial charge in [0.1, 0.15) is 15.2 Å². The summed E-state index contributed by atoms with van der Waals surface area (Å²) < 4.78 is 0.897. The lowest BCUT2D eigenvalue weighted by molar-refractivity contribution is 0.832. The van der Waals surface area contributed by atoms with Gasteiger partial charge in [0.15, 0.2) is 0 Å². The highest BCUT2D eigenvalue weighted by atomic mass is 127. The van der Waals surface area contributed by atoms with Crippen molar-refractivity contribution in [3.63, 3.8) is 0 Å². The third-order valence-electron chi connectivity index (χ3n) is 5.76. The smallest absolute Gasteiger partial charge is 0.131 e. The molecule has 2 aromatic carbocycles. The molecule has 3 N–H and O–H groups in total. The van der Waals surface area contributed by atoms with E-state index in [9.17, 15) is 0 Å². The number of aryl methyl sites for hydroxylation is 2. The van der Waals surface area contributed by atoms with Crippen molar-refractivity contribution >= 4 is 55.5 Å². The van der Waals surface area contributed by atoms with Crippen molar-refractivity contribution in [2.24, 2.45) is 0 Å². The number of nitrogens with two attached hydrogens (primary N) is 1. The molecule has 0 saturated carbocycles. The van der Waals surface area contributed by atoms with Crippen LogP contribution in [0.5, 0.6) is 0 Å². The number of rotatable bonds is 5. The van der Waals surface area contributed by atoms with Gasteiger partial charge in [0, 0.05) is 34.3 Å². The minimum atomic E-state index is -0.395. The lowest BCUT2D eigenvalue weighted by Gasteiger charge is -2.26. The number of halogens is 1. The maximum absolute atomic E-state index is 5.94. The molecular weight excluding hydrogens is 553 g/mol. The molecule has 1 atom stereocenters. The van der Waals surface area contributed by atoms with Gasteiger partial charge in [-0.15, -0.1) is 11.3 Å². The van der Waals surface area contributed by atoms with Crippen molar-refractivity contribution in [2.75, 3.05) is 11.1 Å². The third-order valence-corrected chi connectivity index (χ3v) is 7.73. The van der Waals surface area contributed by atoms with E-state index in [0.29, 0.717) is 5.69 Å². The van der Waals surface area contributed by atoms with Crippen LogP contribution in [0.2, 0.25) is 0 Å². The van der Waals surface area contributed by atoms with Gasteiger partial charge in [-0.1, -0.05) is 24.3 Å².